The lowest BCUT2D eigenvalue weighted by molar-refractivity contribution is -0.122. The van der Waals surface area contributed by atoms with Gasteiger partial charge >= 0.3 is 5.69 Å². The number of fused-ring (bicyclic) bond motifs is 1. The van der Waals surface area contributed by atoms with E-state index in [-0.39, 0.29) is 30.5 Å². The number of rotatable bonds is 4. The van der Waals surface area contributed by atoms with Gasteiger partial charge in [0.1, 0.15) is 4.70 Å². The monoisotopic (exact) mass is 349 g/mol. The van der Waals surface area contributed by atoms with Crippen LogP contribution in [0.5, 0.6) is 0 Å². The molecule has 2 aromatic heterocycles. The Morgan fingerprint density at radius 3 is 2.96 bits per heavy atom. The van der Waals surface area contributed by atoms with E-state index in [1.54, 1.807) is 11.4 Å². The second-order valence-electron chi connectivity index (χ2n) is 6.74. The molecule has 0 saturated heterocycles. The van der Waals surface area contributed by atoms with Gasteiger partial charge in [-0.1, -0.05) is 26.7 Å². The van der Waals surface area contributed by atoms with Crippen molar-refractivity contribution in [3.63, 3.8) is 0 Å². The number of thiophene rings is 1. The molecule has 0 aromatic carbocycles. The van der Waals surface area contributed by atoms with E-state index in [0.29, 0.717) is 22.1 Å². The Labute approximate surface area is 143 Å². The fraction of sp³-hybridized carbons (Fsp3) is 0.588. The Balaban J connectivity index is 1.66. The summed E-state index contributed by atoms with van der Waals surface area (Å²) in [7, 11) is 0. The van der Waals surface area contributed by atoms with Crippen molar-refractivity contribution in [3.05, 3.63) is 32.3 Å². The zero-order chi connectivity index (χ0) is 17.3. The van der Waals surface area contributed by atoms with Crippen LogP contribution in [0.25, 0.3) is 10.2 Å². The Bertz CT molecular complexity index is 851. The Hall–Kier alpha value is -1.89. The average molecular weight is 349 g/mol. The van der Waals surface area contributed by atoms with Crippen molar-refractivity contribution < 1.29 is 4.79 Å². The molecule has 1 aliphatic carbocycles. The molecule has 0 unspecified atom stereocenters. The molecule has 0 spiro atoms. The van der Waals surface area contributed by atoms with Gasteiger partial charge in [0.2, 0.25) is 5.91 Å². The molecule has 1 saturated carbocycles. The van der Waals surface area contributed by atoms with Crippen LogP contribution in [-0.4, -0.2) is 21.5 Å². The number of carbonyl (C=O) groups excluding carboxylic acids is 1. The molecule has 0 aliphatic heterocycles. The van der Waals surface area contributed by atoms with Crippen LogP contribution in [0.15, 0.2) is 21.0 Å². The summed E-state index contributed by atoms with van der Waals surface area (Å²) in [6, 6.07) is 1.90. The van der Waals surface area contributed by atoms with Crippen LogP contribution in [0, 0.1) is 11.8 Å². The predicted molar refractivity (Wildman–Crippen MR) is 95.4 cm³/mol. The van der Waals surface area contributed by atoms with Gasteiger partial charge in [0.25, 0.3) is 5.56 Å². The third-order valence-electron chi connectivity index (χ3n) is 5.21. The molecule has 6 nitrogen and oxygen atoms in total. The zero-order valence-electron chi connectivity index (χ0n) is 14.0. The Morgan fingerprint density at radius 2 is 2.17 bits per heavy atom. The largest absolute Gasteiger partial charge is 0.353 e. The van der Waals surface area contributed by atoms with Crippen LogP contribution < -0.4 is 16.6 Å². The van der Waals surface area contributed by atoms with Crippen LogP contribution >= 0.6 is 11.3 Å². The molecule has 3 rings (SSSR count). The van der Waals surface area contributed by atoms with E-state index < -0.39 is 5.69 Å². The highest BCUT2D eigenvalue weighted by Gasteiger charge is 2.28. The number of aromatic nitrogens is 2. The Kier molecular flexibility index (Phi) is 4.89. The summed E-state index contributed by atoms with van der Waals surface area (Å²) in [4.78, 5) is 39.3. The van der Waals surface area contributed by atoms with E-state index in [1.165, 1.54) is 17.8 Å². The van der Waals surface area contributed by atoms with Gasteiger partial charge in [-0.25, -0.2) is 4.79 Å². The third kappa shape index (κ3) is 3.31. The maximum atomic E-state index is 12.3. The SMILES string of the molecule is C[C@@H]1[C@H](C)CCC[C@@H]1NC(=O)CCn1c(=O)[nH]c2ccsc2c1=O. The normalized spacial score (nSPS) is 24.2. The van der Waals surface area contributed by atoms with Gasteiger partial charge in [-0.05, 0) is 29.7 Å². The highest BCUT2D eigenvalue weighted by atomic mass is 32.1. The molecule has 1 aliphatic rings. The maximum Gasteiger partial charge on any atom is 0.328 e. The van der Waals surface area contributed by atoms with Crippen LogP contribution in [0.1, 0.15) is 39.5 Å². The summed E-state index contributed by atoms with van der Waals surface area (Å²) in [5.41, 5.74) is -0.227. The van der Waals surface area contributed by atoms with Gasteiger partial charge in [0.15, 0.2) is 0 Å². The number of aromatic amines is 1. The lowest BCUT2D eigenvalue weighted by Crippen LogP contribution is -2.44. The second kappa shape index (κ2) is 6.93. The van der Waals surface area contributed by atoms with Crippen molar-refractivity contribution in [1.82, 2.24) is 14.9 Å². The topological polar surface area (TPSA) is 84.0 Å². The highest BCUT2D eigenvalue weighted by molar-refractivity contribution is 7.17. The molecule has 2 N–H and O–H groups in total. The first kappa shape index (κ1) is 17.0. The second-order valence-corrected chi connectivity index (χ2v) is 7.66. The minimum Gasteiger partial charge on any atom is -0.353 e. The molecule has 24 heavy (non-hydrogen) atoms. The highest BCUT2D eigenvalue weighted by Crippen LogP contribution is 2.29. The van der Waals surface area contributed by atoms with E-state index in [1.807, 2.05) is 0 Å². The van der Waals surface area contributed by atoms with Crippen molar-refractivity contribution in [2.24, 2.45) is 11.8 Å². The van der Waals surface area contributed by atoms with E-state index in [4.69, 9.17) is 0 Å². The molecule has 7 heteroatoms. The molecule has 2 heterocycles. The van der Waals surface area contributed by atoms with Crippen molar-refractivity contribution in [3.8, 4) is 0 Å². The van der Waals surface area contributed by atoms with E-state index in [2.05, 4.69) is 24.1 Å². The lowest BCUT2D eigenvalue weighted by Gasteiger charge is -2.34. The third-order valence-corrected chi connectivity index (χ3v) is 6.11. The average Bonchev–Trinajstić information content (AvgIpc) is 3.00. The van der Waals surface area contributed by atoms with Crippen molar-refractivity contribution in [2.75, 3.05) is 0 Å². The van der Waals surface area contributed by atoms with Gasteiger partial charge in [-0.15, -0.1) is 11.3 Å². The molecule has 2 aromatic rings. The van der Waals surface area contributed by atoms with Gasteiger partial charge in [-0.2, -0.15) is 0 Å². The summed E-state index contributed by atoms with van der Waals surface area (Å²) in [6.07, 6.45) is 3.47. The van der Waals surface area contributed by atoms with Crippen LogP contribution in [0.2, 0.25) is 0 Å². The van der Waals surface area contributed by atoms with Gasteiger partial charge in [0, 0.05) is 19.0 Å². The fourth-order valence-electron chi connectivity index (χ4n) is 3.45. The molecule has 3 atom stereocenters. The number of hydrogen-bond donors (Lipinski definition) is 2. The first-order valence-corrected chi connectivity index (χ1v) is 9.35. The van der Waals surface area contributed by atoms with Crippen molar-refractivity contribution in [1.29, 1.82) is 0 Å². The minimum absolute atomic E-state index is 0.0986. The van der Waals surface area contributed by atoms with Crippen molar-refractivity contribution >= 4 is 27.5 Å². The van der Waals surface area contributed by atoms with E-state index in [0.717, 1.165) is 17.4 Å². The lowest BCUT2D eigenvalue weighted by atomic mass is 9.78. The van der Waals surface area contributed by atoms with E-state index in [9.17, 15) is 14.4 Å². The maximum absolute atomic E-state index is 12.3. The minimum atomic E-state index is -0.460. The van der Waals surface area contributed by atoms with Crippen molar-refractivity contribution in [2.45, 2.75) is 52.1 Å². The zero-order valence-corrected chi connectivity index (χ0v) is 14.8. The van der Waals surface area contributed by atoms with Crippen LogP contribution in [-0.2, 0) is 11.3 Å². The number of nitrogens with one attached hydrogen (secondary N) is 2. The standard InChI is InChI=1S/C17H23N3O3S/c1-10-4-3-5-12(11(10)2)18-14(21)6-8-20-16(22)15-13(7-9-24-15)19-17(20)23/h7,9-12H,3-6,8H2,1-2H3,(H,18,21)(H,19,23)/t10-,11-,12+/m1/s1. The number of H-pyrrole nitrogens is 1. The van der Waals surface area contributed by atoms with Crippen LogP contribution in [0.3, 0.4) is 0 Å². The first-order valence-electron chi connectivity index (χ1n) is 8.47. The first-order chi connectivity index (χ1) is 11.5. The quantitative estimate of drug-likeness (QED) is 0.886. The number of nitrogens with zero attached hydrogens (tertiary/aromatic N) is 1. The molecule has 1 fully saturated rings. The molecule has 0 bridgehead atoms. The van der Waals surface area contributed by atoms with Gasteiger partial charge in [-0.3, -0.25) is 14.2 Å². The summed E-state index contributed by atoms with van der Waals surface area (Å²) in [6.45, 7) is 4.50. The number of amides is 1. The fourth-order valence-corrected chi connectivity index (χ4v) is 4.25. The molecular formula is C17H23N3O3S. The predicted octanol–water partition coefficient (Wildman–Crippen LogP) is 2.08. The van der Waals surface area contributed by atoms with Crippen LogP contribution in [0.4, 0.5) is 0 Å². The number of carbonyl (C=O) groups is 1. The summed E-state index contributed by atoms with van der Waals surface area (Å²) in [5.74, 6) is 0.963. The molecular weight excluding hydrogens is 326 g/mol. The van der Waals surface area contributed by atoms with Gasteiger partial charge < -0.3 is 10.3 Å². The smallest absolute Gasteiger partial charge is 0.328 e. The van der Waals surface area contributed by atoms with E-state index >= 15 is 0 Å². The summed E-state index contributed by atoms with van der Waals surface area (Å²) in [5, 5.41) is 4.84. The summed E-state index contributed by atoms with van der Waals surface area (Å²) < 4.78 is 1.63. The summed E-state index contributed by atoms with van der Waals surface area (Å²) >= 11 is 1.30. The Morgan fingerprint density at radius 1 is 1.38 bits per heavy atom. The molecule has 0 radical (unpaired) electrons. The molecule has 1 amide bonds. The number of hydrogen-bond acceptors (Lipinski definition) is 4. The molecule has 130 valence electrons. The van der Waals surface area contributed by atoms with Gasteiger partial charge in [0.05, 0.1) is 5.52 Å².